The van der Waals surface area contributed by atoms with E-state index in [4.69, 9.17) is 9.47 Å². The fourth-order valence-electron chi connectivity index (χ4n) is 4.56. The highest BCUT2D eigenvalue weighted by molar-refractivity contribution is 7.92. The maximum absolute atomic E-state index is 14.1. The second-order valence-electron chi connectivity index (χ2n) is 10.1. The smallest absolute Gasteiger partial charge is 0.244 e. The summed E-state index contributed by atoms with van der Waals surface area (Å²) >= 11 is 0. The van der Waals surface area contributed by atoms with E-state index in [0.29, 0.717) is 11.5 Å². The summed E-state index contributed by atoms with van der Waals surface area (Å²) < 4.78 is 37.7. The number of benzene rings is 3. The van der Waals surface area contributed by atoms with Crippen LogP contribution in [0.2, 0.25) is 0 Å². The van der Waals surface area contributed by atoms with Crippen LogP contribution in [0.25, 0.3) is 0 Å². The third kappa shape index (κ3) is 7.12. The first-order chi connectivity index (χ1) is 19.0. The minimum atomic E-state index is -3.88. The van der Waals surface area contributed by atoms with Crippen LogP contribution in [0.1, 0.15) is 30.5 Å². The van der Waals surface area contributed by atoms with Crippen molar-refractivity contribution in [2.75, 3.05) is 23.9 Å². The molecule has 0 bridgehead atoms. The average Bonchev–Trinajstić information content (AvgIpc) is 3.37. The third-order valence-corrected chi connectivity index (χ3v) is 7.77. The number of hydrogen-bond acceptors (Lipinski definition) is 6. The highest BCUT2D eigenvalue weighted by atomic mass is 32.2. The average molecular weight is 566 g/mol. The lowest BCUT2D eigenvalue weighted by atomic mass is 10.0. The molecule has 1 heterocycles. The molecule has 0 aliphatic carbocycles. The molecule has 1 N–H and O–H groups in total. The summed E-state index contributed by atoms with van der Waals surface area (Å²) in [5.41, 5.74) is 2.96. The third-order valence-electron chi connectivity index (χ3n) is 6.63. The Morgan fingerprint density at radius 1 is 0.950 bits per heavy atom. The molecule has 2 amide bonds. The van der Waals surface area contributed by atoms with Crippen LogP contribution in [0.3, 0.4) is 0 Å². The first-order valence-electron chi connectivity index (χ1n) is 13.1. The predicted octanol–water partition coefficient (Wildman–Crippen LogP) is 3.65. The quantitative estimate of drug-likeness (QED) is 0.381. The van der Waals surface area contributed by atoms with E-state index in [1.165, 1.54) is 11.0 Å². The largest absolute Gasteiger partial charge is 0.454 e. The van der Waals surface area contributed by atoms with E-state index < -0.39 is 28.5 Å². The molecule has 40 heavy (non-hydrogen) atoms. The van der Waals surface area contributed by atoms with Crippen LogP contribution >= 0.6 is 0 Å². The lowest BCUT2D eigenvalue weighted by Crippen LogP contribution is -2.54. The van der Waals surface area contributed by atoms with Crippen LogP contribution in [-0.2, 0) is 32.6 Å². The van der Waals surface area contributed by atoms with Gasteiger partial charge in [-0.1, -0.05) is 54.6 Å². The van der Waals surface area contributed by atoms with E-state index in [9.17, 15) is 18.0 Å². The Hall–Kier alpha value is -4.05. The molecule has 0 saturated carbocycles. The van der Waals surface area contributed by atoms with Gasteiger partial charge >= 0.3 is 0 Å². The fourth-order valence-corrected chi connectivity index (χ4v) is 5.40. The van der Waals surface area contributed by atoms with Gasteiger partial charge in [0.25, 0.3) is 0 Å². The molecular formula is C30H35N3O6S. The van der Waals surface area contributed by atoms with Crippen LogP contribution in [0, 0.1) is 6.92 Å². The number of nitrogens with zero attached hydrogens (tertiary/aromatic N) is 2. The molecule has 3 aromatic rings. The van der Waals surface area contributed by atoms with Gasteiger partial charge in [0.15, 0.2) is 11.5 Å². The fraction of sp³-hybridized carbons (Fsp3) is 0.333. The number of rotatable bonds is 11. The van der Waals surface area contributed by atoms with Gasteiger partial charge in [-0.25, -0.2) is 8.42 Å². The number of carbonyl (C=O) groups is 2. The monoisotopic (exact) mass is 565 g/mol. The number of nitrogens with one attached hydrogen (secondary N) is 1. The molecule has 0 spiro atoms. The molecule has 0 fully saturated rings. The van der Waals surface area contributed by atoms with Gasteiger partial charge in [-0.05, 0) is 49.6 Å². The molecule has 4 rings (SSSR count). The van der Waals surface area contributed by atoms with Crippen molar-refractivity contribution in [3.8, 4) is 11.5 Å². The van der Waals surface area contributed by atoms with Gasteiger partial charge < -0.3 is 19.7 Å². The van der Waals surface area contributed by atoms with Crippen LogP contribution in [-0.4, -0.2) is 56.8 Å². The van der Waals surface area contributed by atoms with Gasteiger partial charge in [0.2, 0.25) is 28.6 Å². The number of carbonyl (C=O) groups excluding carboxylic acids is 2. The lowest BCUT2D eigenvalue weighted by molar-refractivity contribution is -0.140. The summed E-state index contributed by atoms with van der Waals surface area (Å²) in [7, 11) is -3.88. The summed E-state index contributed by atoms with van der Waals surface area (Å²) in [4.78, 5) is 29.2. The molecule has 212 valence electrons. The van der Waals surface area contributed by atoms with Crippen molar-refractivity contribution in [1.82, 2.24) is 10.2 Å². The number of fused-ring (bicyclic) bond motifs is 1. The van der Waals surface area contributed by atoms with Gasteiger partial charge in [0.05, 0.1) is 11.9 Å². The van der Waals surface area contributed by atoms with Crippen LogP contribution in [0.5, 0.6) is 11.5 Å². The van der Waals surface area contributed by atoms with E-state index in [2.05, 4.69) is 5.32 Å². The zero-order chi connectivity index (χ0) is 28.9. The molecule has 1 atom stereocenters. The molecular weight excluding hydrogens is 530 g/mol. The van der Waals surface area contributed by atoms with Crippen LogP contribution < -0.4 is 19.1 Å². The van der Waals surface area contributed by atoms with Gasteiger partial charge in [-0.2, -0.15) is 0 Å². The van der Waals surface area contributed by atoms with Gasteiger partial charge in [0, 0.05) is 25.1 Å². The second-order valence-corrected chi connectivity index (χ2v) is 12.0. The van der Waals surface area contributed by atoms with Crippen molar-refractivity contribution in [3.05, 3.63) is 89.5 Å². The standard InChI is InChI=1S/C30H35N3O6S/c1-21(2)31-30(35)26(16-23-11-6-5-7-12-23)32(18-24-13-9-8-10-22(24)3)29(34)19-33(40(4,36)37)25-14-15-27-28(17-25)39-20-38-27/h5-15,17,21,26H,16,18-20H2,1-4H3,(H,31,35)/t26-/m0/s1. The number of aryl methyl sites for hydroxylation is 1. The minimum Gasteiger partial charge on any atom is -0.454 e. The Labute approximate surface area is 235 Å². The van der Waals surface area contributed by atoms with E-state index in [1.807, 2.05) is 75.4 Å². The van der Waals surface area contributed by atoms with Gasteiger partial charge in [-0.15, -0.1) is 0 Å². The normalized spacial score (nSPS) is 13.1. The SMILES string of the molecule is Cc1ccccc1CN(C(=O)CN(c1ccc2c(c1)OCO2)S(C)(=O)=O)[C@@H](Cc1ccccc1)C(=O)NC(C)C. The zero-order valence-electron chi connectivity index (χ0n) is 23.2. The predicted molar refractivity (Wildman–Crippen MR) is 154 cm³/mol. The summed E-state index contributed by atoms with van der Waals surface area (Å²) in [5, 5.41) is 2.95. The van der Waals surface area contributed by atoms with E-state index in [-0.39, 0.29) is 37.4 Å². The summed E-state index contributed by atoms with van der Waals surface area (Å²) in [6.07, 6.45) is 1.31. The molecule has 3 aromatic carbocycles. The summed E-state index contributed by atoms with van der Waals surface area (Å²) in [6.45, 7) is 5.32. The number of hydrogen-bond donors (Lipinski definition) is 1. The van der Waals surface area contributed by atoms with Crippen LogP contribution in [0.4, 0.5) is 5.69 Å². The molecule has 0 saturated heterocycles. The van der Waals surface area contributed by atoms with Gasteiger partial charge in [0.1, 0.15) is 12.6 Å². The zero-order valence-corrected chi connectivity index (χ0v) is 24.0. The molecule has 1 aliphatic heterocycles. The minimum absolute atomic E-state index is 0.0346. The number of amides is 2. The maximum Gasteiger partial charge on any atom is 0.244 e. The number of ether oxygens (including phenoxy) is 2. The highest BCUT2D eigenvalue weighted by Crippen LogP contribution is 2.36. The lowest BCUT2D eigenvalue weighted by Gasteiger charge is -2.34. The summed E-state index contributed by atoms with van der Waals surface area (Å²) in [6, 6.07) is 20.8. The molecule has 0 aromatic heterocycles. The Morgan fingerprint density at radius 2 is 1.62 bits per heavy atom. The van der Waals surface area contributed by atoms with Crippen molar-refractivity contribution in [2.24, 2.45) is 0 Å². The molecule has 0 radical (unpaired) electrons. The Kier molecular flexibility index (Phi) is 8.99. The molecule has 1 aliphatic rings. The Bertz CT molecular complexity index is 1460. The number of anilines is 1. The van der Waals surface area contributed by atoms with E-state index in [1.54, 1.807) is 12.1 Å². The number of sulfonamides is 1. The Balaban J connectivity index is 1.74. The molecule has 10 heteroatoms. The Morgan fingerprint density at radius 3 is 2.30 bits per heavy atom. The summed E-state index contributed by atoms with van der Waals surface area (Å²) in [5.74, 6) is 0.0765. The highest BCUT2D eigenvalue weighted by Gasteiger charge is 2.33. The van der Waals surface area contributed by atoms with Crippen LogP contribution in [0.15, 0.2) is 72.8 Å². The van der Waals surface area contributed by atoms with Crippen molar-refractivity contribution in [2.45, 2.75) is 45.8 Å². The van der Waals surface area contributed by atoms with Gasteiger partial charge in [-0.3, -0.25) is 13.9 Å². The first-order valence-corrected chi connectivity index (χ1v) is 14.9. The van der Waals surface area contributed by atoms with E-state index >= 15 is 0 Å². The molecule has 0 unspecified atom stereocenters. The second kappa shape index (κ2) is 12.4. The van der Waals surface area contributed by atoms with E-state index in [0.717, 1.165) is 27.3 Å². The first kappa shape index (κ1) is 28.9. The maximum atomic E-state index is 14.1. The van der Waals surface area contributed by atoms with Crippen molar-refractivity contribution < 1.29 is 27.5 Å². The van der Waals surface area contributed by atoms with Crippen molar-refractivity contribution in [3.63, 3.8) is 0 Å². The van der Waals surface area contributed by atoms with Crippen molar-refractivity contribution >= 4 is 27.5 Å². The topological polar surface area (TPSA) is 105 Å². The molecule has 9 nitrogen and oxygen atoms in total. The van der Waals surface area contributed by atoms with Crippen molar-refractivity contribution in [1.29, 1.82) is 0 Å².